The second-order valence-electron chi connectivity index (χ2n) is 14.4. The summed E-state index contributed by atoms with van der Waals surface area (Å²) in [5.41, 5.74) is 26.4. The van der Waals surface area contributed by atoms with E-state index >= 15 is 0 Å². The highest BCUT2D eigenvalue weighted by Gasteiger charge is 2.27. The van der Waals surface area contributed by atoms with Gasteiger partial charge in [0.25, 0.3) is 0 Å². The monoisotopic (exact) mass is 887 g/mol. The lowest BCUT2D eigenvalue weighted by Crippen LogP contribution is -2.72. The van der Waals surface area contributed by atoms with Crippen molar-refractivity contribution < 1.29 is 46.6 Å². The van der Waals surface area contributed by atoms with Crippen LogP contribution in [0, 0.1) is 0 Å². The fourth-order valence-corrected chi connectivity index (χ4v) is 8.95. The molecule has 2 amide bonds. The van der Waals surface area contributed by atoms with Crippen molar-refractivity contribution in [1.82, 2.24) is 10.0 Å². The number of carbonyl (C=O) groups is 2. The molecule has 17 nitrogen and oxygen atoms in total. The van der Waals surface area contributed by atoms with E-state index < -0.39 is 42.0 Å². The van der Waals surface area contributed by atoms with Crippen LogP contribution in [0.5, 0.6) is 5.75 Å². The third-order valence-electron chi connectivity index (χ3n) is 8.10. The van der Waals surface area contributed by atoms with Gasteiger partial charge in [0.15, 0.2) is 0 Å². The number of nitrogens with one attached hydrogen (secondary N) is 5. The van der Waals surface area contributed by atoms with Crippen molar-refractivity contribution >= 4 is 65.3 Å². The summed E-state index contributed by atoms with van der Waals surface area (Å²) in [6, 6.07) is 31.1. The first-order valence-electron chi connectivity index (χ1n) is 18.4. The number of amides is 2. The topological polar surface area (TPSA) is 289 Å². The Labute approximate surface area is 352 Å². The maximum Gasteiger partial charge on any atom is 0.408 e. The van der Waals surface area contributed by atoms with Gasteiger partial charge in [-0.25, -0.2) is 27.9 Å². The molecule has 2 unspecified atom stereocenters. The molecule has 20 heteroatoms. The maximum absolute atomic E-state index is 12.6. The van der Waals surface area contributed by atoms with E-state index in [0.29, 0.717) is 12.8 Å². The minimum absolute atomic E-state index is 0.0693. The highest BCUT2D eigenvalue weighted by Crippen LogP contribution is 2.43. The molecule has 326 valence electrons. The van der Waals surface area contributed by atoms with E-state index in [1.807, 2.05) is 54.6 Å². The summed E-state index contributed by atoms with van der Waals surface area (Å²) in [4.78, 5) is 28.3. The summed E-state index contributed by atoms with van der Waals surface area (Å²) in [6.45, 7) is 8.06. The molecule has 60 heavy (non-hydrogen) atoms. The maximum atomic E-state index is 12.6. The average Bonchev–Trinajstić information content (AvgIpc) is 3.14. The SMILES string of the molecule is COc1ccc(NC(C)=O)cc1.CP(C)(=O)C(Cc1ccc([NH+]=C(N)N)cc1)NC(=O)OCc1ccccc1.CP(C)(=O)C(Cc1ccc([NH+]=C(N)N)cc1)NS(C)(=O)=O. The van der Waals surface area contributed by atoms with Crippen LogP contribution in [0.3, 0.4) is 0 Å². The molecule has 0 spiro atoms. The number of methoxy groups -OCH3 is 1. The van der Waals surface area contributed by atoms with Gasteiger partial charge in [-0.2, -0.15) is 0 Å². The second kappa shape index (κ2) is 23.8. The van der Waals surface area contributed by atoms with Crippen LogP contribution in [0.2, 0.25) is 0 Å². The van der Waals surface area contributed by atoms with Gasteiger partial charge in [-0.15, -0.1) is 0 Å². The van der Waals surface area contributed by atoms with E-state index in [0.717, 1.165) is 45.8 Å². The van der Waals surface area contributed by atoms with Gasteiger partial charge in [0.1, 0.15) is 19.5 Å². The molecule has 0 fully saturated rings. The highest BCUT2D eigenvalue weighted by molar-refractivity contribution is 7.89. The molecule has 4 rings (SSSR count). The zero-order valence-electron chi connectivity index (χ0n) is 35.0. The van der Waals surface area contributed by atoms with Crippen molar-refractivity contribution in [2.24, 2.45) is 22.9 Å². The zero-order valence-corrected chi connectivity index (χ0v) is 37.6. The van der Waals surface area contributed by atoms with E-state index in [-0.39, 0.29) is 24.4 Å². The third-order valence-corrected chi connectivity index (χ3v) is 12.6. The molecule has 0 saturated heterocycles. The van der Waals surface area contributed by atoms with Crippen LogP contribution in [0.4, 0.5) is 21.9 Å². The smallest absolute Gasteiger partial charge is 0.408 e. The number of carbonyl (C=O) groups excluding carboxylic acids is 2. The first kappa shape index (κ1) is 50.5. The minimum Gasteiger partial charge on any atom is -0.497 e. The summed E-state index contributed by atoms with van der Waals surface area (Å²) in [7, 11) is -7.04. The molecular formula is C40H59N9O8P2S+2. The van der Waals surface area contributed by atoms with Crippen LogP contribution >= 0.6 is 14.3 Å². The molecule has 13 N–H and O–H groups in total. The van der Waals surface area contributed by atoms with Crippen molar-refractivity contribution in [3.8, 4) is 5.75 Å². The number of anilines is 1. The third kappa shape index (κ3) is 21.4. The Morgan fingerprint density at radius 1 is 0.683 bits per heavy atom. The number of hydrogen-bond donors (Lipinski definition) is 9. The predicted octanol–water partition coefficient (Wildman–Crippen LogP) is 1.46. The van der Waals surface area contributed by atoms with Crippen LogP contribution in [0.25, 0.3) is 0 Å². The number of hydrogen-bond acceptors (Lipinski definition) is 8. The fraction of sp³-hybridized carbons (Fsp3) is 0.300. The van der Waals surface area contributed by atoms with Gasteiger partial charge in [0.05, 0.1) is 43.4 Å². The van der Waals surface area contributed by atoms with Crippen LogP contribution in [-0.2, 0) is 48.1 Å². The number of alkyl carbamates (subject to hydrolysis) is 1. The molecular weight excluding hydrogens is 829 g/mol. The van der Waals surface area contributed by atoms with Gasteiger partial charge >= 0.3 is 18.0 Å². The minimum atomic E-state index is -3.42. The zero-order chi connectivity index (χ0) is 45.1. The number of benzene rings is 4. The average molecular weight is 888 g/mol. The molecule has 4 aromatic rings. The predicted molar refractivity (Wildman–Crippen MR) is 240 cm³/mol. The van der Waals surface area contributed by atoms with Gasteiger partial charge in [-0.05, 0) is 105 Å². The first-order chi connectivity index (χ1) is 27.9. The van der Waals surface area contributed by atoms with Gasteiger partial charge < -0.3 is 29.2 Å². The Kier molecular flexibility index (Phi) is 20.0. The van der Waals surface area contributed by atoms with Gasteiger partial charge in [0, 0.05) is 12.6 Å². The summed E-state index contributed by atoms with van der Waals surface area (Å²) in [5.74, 6) is -0.242. The number of guanidine groups is 2. The Balaban J connectivity index is 0.000000333. The lowest BCUT2D eigenvalue weighted by molar-refractivity contribution is -0.356. The summed E-state index contributed by atoms with van der Waals surface area (Å²) in [6.07, 6.45) is 1.24. The Bertz CT molecular complexity index is 2240. The lowest BCUT2D eigenvalue weighted by atomic mass is 10.1. The Hall–Kier alpha value is -5.67. The largest absolute Gasteiger partial charge is 0.497 e. The molecule has 4 aromatic carbocycles. The lowest BCUT2D eigenvalue weighted by Gasteiger charge is -2.22. The molecule has 0 aliphatic rings. The van der Waals surface area contributed by atoms with Crippen molar-refractivity contribution in [2.45, 2.75) is 37.9 Å². The molecule has 0 radical (unpaired) electrons. The molecule has 2 atom stereocenters. The molecule has 0 bridgehead atoms. The first-order valence-corrected chi connectivity index (χ1v) is 25.6. The molecule has 0 aliphatic carbocycles. The van der Waals surface area contributed by atoms with Gasteiger partial charge in [-0.3, -0.25) is 27.7 Å². The molecule has 0 saturated carbocycles. The fourth-order valence-electron chi connectivity index (χ4n) is 5.07. The van der Waals surface area contributed by atoms with Crippen LogP contribution in [-0.4, -0.2) is 83.9 Å². The van der Waals surface area contributed by atoms with Crippen molar-refractivity contribution in [3.05, 3.63) is 120 Å². The van der Waals surface area contributed by atoms with Gasteiger partial charge in [-0.1, -0.05) is 54.6 Å². The van der Waals surface area contributed by atoms with E-state index in [4.69, 9.17) is 32.4 Å². The molecule has 0 aliphatic heterocycles. The van der Waals surface area contributed by atoms with Crippen molar-refractivity contribution in [1.29, 1.82) is 0 Å². The highest BCUT2D eigenvalue weighted by atomic mass is 32.2. The van der Waals surface area contributed by atoms with Crippen LogP contribution in [0.1, 0.15) is 23.6 Å². The number of ether oxygens (including phenoxy) is 2. The van der Waals surface area contributed by atoms with E-state index in [1.165, 1.54) is 6.92 Å². The Morgan fingerprint density at radius 3 is 1.52 bits per heavy atom. The van der Waals surface area contributed by atoms with Crippen LogP contribution in [0.15, 0.2) is 103 Å². The standard InChI is InChI=1S/C19H25N4O3P.C12H21N4O3PS.C9H11NO2/c1-27(2,25)17(12-14-8-10-16(11-9-14)22-18(20)21)23-19(24)26-13-15-6-4-3-5-7-15;1-20(2,17)11(16-21(3,18)19)8-9-4-6-10(7-5-9)15-12(13)14;1-7(11)10-8-3-5-9(12-2)6-4-8/h3-11,17H,12-13H2,1-2H3,(H,23,24)(H4,20,21,22);4-7,11,16H,8H2,1-3H3,(H4,13,14,15);3-6H,1-2H3,(H,10,11)/p+2. The second-order valence-corrected chi connectivity index (χ2v) is 23.1. The van der Waals surface area contributed by atoms with E-state index in [9.17, 15) is 27.1 Å². The van der Waals surface area contributed by atoms with Crippen molar-refractivity contribution in [3.63, 3.8) is 0 Å². The Morgan fingerprint density at radius 2 is 1.13 bits per heavy atom. The van der Waals surface area contributed by atoms with E-state index in [2.05, 4.69) is 25.3 Å². The van der Waals surface area contributed by atoms with Crippen LogP contribution < -0.4 is 53.0 Å². The van der Waals surface area contributed by atoms with Gasteiger partial charge in [0.2, 0.25) is 15.9 Å². The quantitative estimate of drug-likeness (QED) is 0.0466. The summed E-state index contributed by atoms with van der Waals surface area (Å²) in [5, 5.41) is 5.40. The normalized spacial score (nSPS) is 12.1. The van der Waals surface area contributed by atoms with E-state index in [1.54, 1.807) is 82.3 Å². The summed E-state index contributed by atoms with van der Waals surface area (Å²) >= 11 is 0. The molecule has 0 heterocycles. The number of sulfonamides is 1. The molecule has 0 aromatic heterocycles. The number of nitrogens with two attached hydrogens (primary N) is 4. The summed E-state index contributed by atoms with van der Waals surface area (Å²) < 4.78 is 60.3. The van der Waals surface area contributed by atoms with Crippen molar-refractivity contribution in [2.75, 3.05) is 45.3 Å². The number of rotatable bonds is 15.